The van der Waals surface area contributed by atoms with Gasteiger partial charge in [0.15, 0.2) is 0 Å². The number of unbranched alkanes of at least 4 members (excludes halogenated alkanes) is 2. The van der Waals surface area contributed by atoms with Crippen LogP contribution >= 0.6 is 0 Å². The lowest BCUT2D eigenvalue weighted by Crippen LogP contribution is -2.70. The van der Waals surface area contributed by atoms with E-state index in [1.807, 2.05) is 18.2 Å². The molecule has 0 radical (unpaired) electrons. The summed E-state index contributed by atoms with van der Waals surface area (Å²) in [6, 6.07) is 10.4. The molecule has 2 rings (SSSR count). The van der Waals surface area contributed by atoms with Gasteiger partial charge in [-0.3, -0.25) is 9.63 Å². The number of amides is 1. The maximum atomic E-state index is 12.7. The van der Waals surface area contributed by atoms with Crippen LogP contribution in [0.2, 0.25) is 0 Å². The van der Waals surface area contributed by atoms with E-state index < -0.39 is 0 Å². The van der Waals surface area contributed by atoms with E-state index in [1.165, 1.54) is 0 Å². The summed E-state index contributed by atoms with van der Waals surface area (Å²) < 4.78 is 0. The molecular formula is C25H42N2O3. The number of rotatable bonds is 11. The topological polar surface area (TPSA) is 61.8 Å². The molecule has 1 saturated heterocycles. The van der Waals surface area contributed by atoms with Crippen LogP contribution in [0.4, 0.5) is 0 Å². The van der Waals surface area contributed by atoms with Gasteiger partial charge in [0, 0.05) is 24.6 Å². The molecule has 2 unspecified atom stereocenters. The summed E-state index contributed by atoms with van der Waals surface area (Å²) in [5.74, 6) is 0.111. The lowest BCUT2D eigenvalue weighted by Gasteiger charge is -2.58. The molecule has 1 aromatic carbocycles. The number of benzene rings is 1. The number of aliphatic hydroxyl groups excluding tert-OH is 1. The fraction of sp³-hybridized carbons (Fsp3) is 0.720. The predicted molar refractivity (Wildman–Crippen MR) is 122 cm³/mol. The molecule has 1 amide bonds. The van der Waals surface area contributed by atoms with Crippen LogP contribution in [0.5, 0.6) is 0 Å². The molecule has 1 aromatic rings. The first-order chi connectivity index (χ1) is 14.3. The Balaban J connectivity index is 2.19. The molecular weight excluding hydrogens is 376 g/mol. The van der Waals surface area contributed by atoms with Crippen LogP contribution in [0, 0.1) is 0 Å². The number of carbonyl (C=O) groups excluding carboxylic acids is 1. The standard InChI is InChI=1S/C25H42N2O3/c1-6-25(7-2)22(26-23(29)16-12-9-13-19-28)17-18-24(4,5)27(25)30-20(3)21-14-10-8-11-15-21/h8,10-11,14-15,20,22,28H,6-7,9,12-13,16-19H2,1-5H3,(H,26,29). The smallest absolute Gasteiger partial charge is 0.220 e. The number of nitrogens with one attached hydrogen (secondary N) is 1. The molecule has 0 saturated carbocycles. The van der Waals surface area contributed by atoms with Crippen LogP contribution in [0.1, 0.15) is 97.7 Å². The van der Waals surface area contributed by atoms with Crippen LogP contribution in [-0.4, -0.2) is 39.8 Å². The first-order valence-corrected chi connectivity index (χ1v) is 11.7. The quantitative estimate of drug-likeness (QED) is 0.488. The molecule has 1 fully saturated rings. The lowest BCUT2D eigenvalue weighted by atomic mass is 9.73. The number of carbonyl (C=O) groups is 1. The molecule has 5 nitrogen and oxygen atoms in total. The van der Waals surface area contributed by atoms with E-state index in [9.17, 15) is 4.79 Å². The summed E-state index contributed by atoms with van der Waals surface area (Å²) in [7, 11) is 0. The third kappa shape index (κ3) is 5.83. The highest BCUT2D eigenvalue weighted by molar-refractivity contribution is 5.76. The van der Waals surface area contributed by atoms with Gasteiger partial charge in [-0.1, -0.05) is 50.6 Å². The van der Waals surface area contributed by atoms with Crippen LogP contribution in [0.25, 0.3) is 0 Å². The van der Waals surface area contributed by atoms with Crippen molar-refractivity contribution >= 4 is 5.91 Å². The van der Waals surface area contributed by atoms with Crippen molar-refractivity contribution in [2.75, 3.05) is 6.61 Å². The monoisotopic (exact) mass is 418 g/mol. The van der Waals surface area contributed by atoms with Gasteiger partial charge in [-0.15, -0.1) is 0 Å². The summed E-state index contributed by atoms with van der Waals surface area (Å²) in [5.41, 5.74) is 0.799. The van der Waals surface area contributed by atoms with Crippen molar-refractivity contribution in [2.45, 2.75) is 109 Å². The number of hydrogen-bond acceptors (Lipinski definition) is 4. The van der Waals surface area contributed by atoms with E-state index in [-0.39, 0.29) is 35.7 Å². The molecule has 0 spiro atoms. The highest BCUT2D eigenvalue weighted by Gasteiger charge is 2.53. The van der Waals surface area contributed by atoms with Crippen molar-refractivity contribution in [3.05, 3.63) is 35.9 Å². The zero-order valence-electron chi connectivity index (χ0n) is 19.6. The molecule has 170 valence electrons. The molecule has 2 atom stereocenters. The largest absolute Gasteiger partial charge is 0.396 e. The number of hydrogen-bond donors (Lipinski definition) is 2. The van der Waals surface area contributed by atoms with Crippen molar-refractivity contribution in [1.29, 1.82) is 0 Å². The third-order valence-corrected chi connectivity index (χ3v) is 6.80. The van der Waals surface area contributed by atoms with Gasteiger partial charge in [0.25, 0.3) is 0 Å². The third-order valence-electron chi connectivity index (χ3n) is 6.80. The normalized spacial score (nSPS) is 21.9. The summed E-state index contributed by atoms with van der Waals surface area (Å²) in [6.45, 7) is 11.2. The molecule has 1 aliphatic rings. The van der Waals surface area contributed by atoms with Crippen LogP contribution < -0.4 is 5.32 Å². The number of nitrogens with zero attached hydrogens (tertiary/aromatic N) is 1. The van der Waals surface area contributed by atoms with Gasteiger partial charge in [-0.2, -0.15) is 5.06 Å². The Kier molecular flexibility index (Phi) is 9.32. The Bertz CT molecular complexity index is 643. The Morgan fingerprint density at radius 3 is 2.47 bits per heavy atom. The zero-order chi connectivity index (χ0) is 22.2. The van der Waals surface area contributed by atoms with E-state index in [0.29, 0.717) is 6.42 Å². The number of hydroxylamine groups is 2. The average molecular weight is 419 g/mol. The maximum absolute atomic E-state index is 12.7. The van der Waals surface area contributed by atoms with Gasteiger partial charge in [-0.25, -0.2) is 0 Å². The maximum Gasteiger partial charge on any atom is 0.220 e. The zero-order valence-corrected chi connectivity index (χ0v) is 19.6. The molecule has 1 aliphatic heterocycles. The second-order valence-corrected chi connectivity index (χ2v) is 9.27. The Labute approximate surface area is 183 Å². The summed E-state index contributed by atoms with van der Waals surface area (Å²) in [4.78, 5) is 19.3. The van der Waals surface area contributed by atoms with Gasteiger partial charge < -0.3 is 10.4 Å². The highest BCUT2D eigenvalue weighted by atomic mass is 16.7. The highest BCUT2D eigenvalue weighted by Crippen LogP contribution is 2.44. The molecule has 30 heavy (non-hydrogen) atoms. The average Bonchev–Trinajstić information content (AvgIpc) is 2.75. The van der Waals surface area contributed by atoms with Crippen molar-refractivity contribution in [2.24, 2.45) is 0 Å². The van der Waals surface area contributed by atoms with Gasteiger partial charge in [-0.05, 0) is 64.9 Å². The van der Waals surface area contributed by atoms with Crippen LogP contribution in [0.3, 0.4) is 0 Å². The minimum atomic E-state index is -0.244. The Morgan fingerprint density at radius 1 is 1.20 bits per heavy atom. The molecule has 1 heterocycles. The first kappa shape index (κ1) is 24.8. The van der Waals surface area contributed by atoms with Crippen LogP contribution in [-0.2, 0) is 9.63 Å². The van der Waals surface area contributed by atoms with Gasteiger partial charge in [0.1, 0.15) is 6.10 Å². The van der Waals surface area contributed by atoms with Crippen molar-refractivity contribution < 1.29 is 14.7 Å². The summed E-state index contributed by atoms with van der Waals surface area (Å²) in [6.07, 6.45) is 6.66. The lowest BCUT2D eigenvalue weighted by molar-refractivity contribution is -0.318. The SMILES string of the molecule is CCC1(CC)C(NC(=O)CCCCCO)CCC(C)(C)N1OC(C)c1ccccc1. The molecule has 0 aliphatic carbocycles. The van der Waals surface area contributed by atoms with E-state index in [1.54, 1.807) is 0 Å². The van der Waals surface area contributed by atoms with E-state index in [4.69, 9.17) is 9.94 Å². The minimum Gasteiger partial charge on any atom is -0.396 e. The van der Waals surface area contributed by atoms with Crippen molar-refractivity contribution in [1.82, 2.24) is 10.4 Å². The predicted octanol–water partition coefficient (Wildman–Crippen LogP) is 5.15. The fourth-order valence-electron chi connectivity index (χ4n) is 4.88. The molecule has 0 bridgehead atoms. The summed E-state index contributed by atoms with van der Waals surface area (Å²) in [5, 5.41) is 14.5. The van der Waals surface area contributed by atoms with E-state index in [0.717, 1.165) is 50.5 Å². The van der Waals surface area contributed by atoms with Gasteiger partial charge >= 0.3 is 0 Å². The molecule has 0 aromatic heterocycles. The minimum absolute atomic E-state index is 0.0594. The number of piperidine rings is 1. The Hall–Kier alpha value is -1.43. The Morgan fingerprint density at radius 2 is 1.87 bits per heavy atom. The van der Waals surface area contributed by atoms with E-state index in [2.05, 4.69) is 57.1 Å². The van der Waals surface area contributed by atoms with Crippen LogP contribution in [0.15, 0.2) is 30.3 Å². The van der Waals surface area contributed by atoms with E-state index >= 15 is 0 Å². The second kappa shape index (κ2) is 11.3. The van der Waals surface area contributed by atoms with Crippen molar-refractivity contribution in [3.63, 3.8) is 0 Å². The molecule has 2 N–H and O–H groups in total. The second-order valence-electron chi connectivity index (χ2n) is 9.27. The van der Waals surface area contributed by atoms with Gasteiger partial charge in [0.2, 0.25) is 5.91 Å². The fourth-order valence-corrected chi connectivity index (χ4v) is 4.88. The first-order valence-electron chi connectivity index (χ1n) is 11.7. The molecule has 5 heteroatoms. The van der Waals surface area contributed by atoms with Crippen molar-refractivity contribution in [3.8, 4) is 0 Å². The summed E-state index contributed by atoms with van der Waals surface area (Å²) >= 11 is 0. The number of aliphatic hydroxyl groups is 1. The van der Waals surface area contributed by atoms with Gasteiger partial charge in [0.05, 0.1) is 5.54 Å².